The molecule has 5 rings (SSSR count). The van der Waals surface area contributed by atoms with Crippen molar-refractivity contribution in [3.05, 3.63) is 95.1 Å². The number of hydrogen-bond acceptors (Lipinski definition) is 5. The number of aliphatic hydroxyl groups excluding tert-OH is 2. The minimum atomic E-state index is -0.842. The maximum absolute atomic E-state index is 13.4. The first-order valence-electron chi connectivity index (χ1n) is 12.8. The molecule has 1 unspecified atom stereocenters. The number of aromatic amines is 1. The number of carbonyl (C=O) groups is 1. The maximum Gasteiger partial charge on any atom is 0.240 e. The van der Waals surface area contributed by atoms with Gasteiger partial charge < -0.3 is 20.5 Å². The van der Waals surface area contributed by atoms with Crippen molar-refractivity contribution in [3.8, 4) is 11.1 Å². The second-order valence-electron chi connectivity index (χ2n) is 9.78. The first-order valence-corrected chi connectivity index (χ1v) is 13.2. The number of nitrogens with zero attached hydrogens (tertiary/aromatic N) is 1. The van der Waals surface area contributed by atoms with Crippen molar-refractivity contribution in [1.29, 1.82) is 0 Å². The van der Waals surface area contributed by atoms with Crippen LogP contribution < -0.4 is 5.32 Å². The molecule has 4 aromatic rings. The third-order valence-corrected chi connectivity index (χ3v) is 7.44. The number of H-pyrrole nitrogens is 1. The minimum absolute atomic E-state index is 0.232. The molecule has 1 aliphatic rings. The third kappa shape index (κ3) is 5.62. The van der Waals surface area contributed by atoms with Crippen molar-refractivity contribution >= 4 is 28.4 Å². The average molecular weight is 534 g/mol. The number of benzene rings is 3. The molecule has 7 nitrogen and oxygen atoms in total. The Balaban J connectivity index is 1.28. The number of fused-ring (bicyclic) bond motifs is 1. The van der Waals surface area contributed by atoms with Gasteiger partial charge in [-0.3, -0.25) is 9.63 Å². The van der Waals surface area contributed by atoms with E-state index in [2.05, 4.69) is 16.4 Å². The molecule has 1 saturated heterocycles. The van der Waals surface area contributed by atoms with Gasteiger partial charge >= 0.3 is 0 Å². The fraction of sp³-hybridized carbons (Fsp3) is 0.300. The lowest BCUT2D eigenvalue weighted by atomic mass is 9.92. The Bertz CT molecular complexity index is 1370. The Morgan fingerprint density at radius 1 is 1.08 bits per heavy atom. The van der Waals surface area contributed by atoms with Crippen molar-refractivity contribution < 1.29 is 19.8 Å². The summed E-state index contributed by atoms with van der Waals surface area (Å²) in [4.78, 5) is 22.7. The summed E-state index contributed by atoms with van der Waals surface area (Å²) in [5.74, 6) is -0.791. The highest BCUT2D eigenvalue weighted by atomic mass is 35.5. The van der Waals surface area contributed by atoms with Crippen LogP contribution in [0.3, 0.4) is 0 Å². The lowest BCUT2D eigenvalue weighted by Gasteiger charge is -2.24. The summed E-state index contributed by atoms with van der Waals surface area (Å²) < 4.78 is 0. The number of aromatic nitrogens is 1. The zero-order valence-electron chi connectivity index (χ0n) is 21.2. The molecule has 8 heteroatoms. The Labute approximate surface area is 227 Å². The molecule has 2 heterocycles. The fourth-order valence-electron chi connectivity index (χ4n) is 5.19. The van der Waals surface area contributed by atoms with Crippen molar-refractivity contribution in [2.75, 3.05) is 13.2 Å². The van der Waals surface area contributed by atoms with Gasteiger partial charge in [0.05, 0.1) is 19.3 Å². The highest BCUT2D eigenvalue weighted by molar-refractivity contribution is 6.30. The number of aliphatic hydroxyl groups is 2. The fourth-order valence-corrected chi connectivity index (χ4v) is 5.32. The molecule has 0 spiro atoms. The van der Waals surface area contributed by atoms with Crippen molar-refractivity contribution in [1.82, 2.24) is 15.4 Å². The van der Waals surface area contributed by atoms with E-state index in [1.165, 1.54) is 0 Å². The molecule has 4 N–H and O–H groups in total. The summed E-state index contributed by atoms with van der Waals surface area (Å²) in [7, 11) is 0. The van der Waals surface area contributed by atoms with Gasteiger partial charge in [0.2, 0.25) is 5.91 Å². The van der Waals surface area contributed by atoms with E-state index >= 15 is 0 Å². The van der Waals surface area contributed by atoms with Crippen LogP contribution in [0.15, 0.2) is 79.0 Å². The molecule has 1 amide bonds. The summed E-state index contributed by atoms with van der Waals surface area (Å²) in [5, 5.41) is 26.9. The van der Waals surface area contributed by atoms with Gasteiger partial charge in [-0.05, 0) is 53.8 Å². The number of nitrogens with one attached hydrogen (secondary N) is 2. The molecule has 0 saturated carbocycles. The van der Waals surface area contributed by atoms with E-state index in [1.807, 2.05) is 72.9 Å². The molecule has 4 atom stereocenters. The number of hydroxylamine groups is 2. The Hall–Kier alpha value is -3.20. The minimum Gasteiger partial charge on any atom is -0.396 e. The highest BCUT2D eigenvalue weighted by Gasteiger charge is 2.48. The van der Waals surface area contributed by atoms with Crippen LogP contribution in [0.4, 0.5) is 0 Å². The first-order chi connectivity index (χ1) is 18.4. The quantitative estimate of drug-likeness (QED) is 0.257. The lowest BCUT2D eigenvalue weighted by molar-refractivity contribution is -0.192. The topological polar surface area (TPSA) is 97.8 Å². The van der Waals surface area contributed by atoms with E-state index < -0.39 is 24.2 Å². The third-order valence-electron chi connectivity index (χ3n) is 7.19. The normalized spacial score (nSPS) is 20.6. The average Bonchev–Trinajstić information content (AvgIpc) is 3.51. The van der Waals surface area contributed by atoms with Crippen molar-refractivity contribution in [2.24, 2.45) is 5.92 Å². The largest absolute Gasteiger partial charge is 0.396 e. The number of rotatable bonds is 9. The Morgan fingerprint density at radius 2 is 1.76 bits per heavy atom. The van der Waals surface area contributed by atoms with Crippen LogP contribution in [0, 0.1) is 5.92 Å². The van der Waals surface area contributed by atoms with Crippen LogP contribution in [-0.4, -0.2) is 57.6 Å². The first kappa shape index (κ1) is 26.4. The highest BCUT2D eigenvalue weighted by Crippen LogP contribution is 2.32. The van der Waals surface area contributed by atoms with Gasteiger partial charge in [0.15, 0.2) is 0 Å². The predicted octanol–water partition coefficient (Wildman–Crippen LogP) is 4.32. The molecular weight excluding hydrogens is 502 g/mol. The van der Waals surface area contributed by atoms with Gasteiger partial charge in [0, 0.05) is 34.6 Å². The van der Waals surface area contributed by atoms with E-state index in [0.717, 1.165) is 33.2 Å². The molecule has 0 radical (unpaired) electrons. The second-order valence-corrected chi connectivity index (χ2v) is 10.2. The zero-order valence-corrected chi connectivity index (χ0v) is 21.9. The van der Waals surface area contributed by atoms with Gasteiger partial charge in [-0.15, -0.1) is 0 Å². The summed E-state index contributed by atoms with van der Waals surface area (Å²) in [6, 6.07) is 23.0. The van der Waals surface area contributed by atoms with Crippen LogP contribution in [0.25, 0.3) is 22.0 Å². The lowest BCUT2D eigenvalue weighted by Crippen LogP contribution is -2.48. The van der Waals surface area contributed by atoms with Crippen molar-refractivity contribution in [3.63, 3.8) is 0 Å². The van der Waals surface area contributed by atoms with Gasteiger partial charge in [0.25, 0.3) is 0 Å². The second kappa shape index (κ2) is 11.7. The van der Waals surface area contributed by atoms with Crippen LogP contribution in [0.1, 0.15) is 18.1 Å². The van der Waals surface area contributed by atoms with Crippen LogP contribution >= 0.6 is 11.6 Å². The summed E-state index contributed by atoms with van der Waals surface area (Å²) in [6.07, 6.45) is 1.11. The molecular formula is C30H32ClN3O4. The number of amides is 1. The molecule has 3 aromatic carbocycles. The van der Waals surface area contributed by atoms with Gasteiger partial charge in [0.1, 0.15) is 12.1 Å². The molecule has 1 aromatic heterocycles. The van der Waals surface area contributed by atoms with E-state index in [0.29, 0.717) is 24.5 Å². The van der Waals surface area contributed by atoms with Crippen LogP contribution in [0.5, 0.6) is 0 Å². The molecule has 198 valence electrons. The van der Waals surface area contributed by atoms with Gasteiger partial charge in [-0.25, -0.2) is 0 Å². The van der Waals surface area contributed by atoms with Crippen LogP contribution in [-0.2, 0) is 22.6 Å². The Kier molecular flexibility index (Phi) is 8.12. The number of halogens is 1. The van der Waals surface area contributed by atoms with E-state index in [-0.39, 0.29) is 12.5 Å². The summed E-state index contributed by atoms with van der Waals surface area (Å²) >= 11 is 6.01. The molecule has 0 bridgehead atoms. The maximum atomic E-state index is 13.4. The number of para-hydroxylation sites is 1. The molecule has 1 fully saturated rings. The Morgan fingerprint density at radius 3 is 2.45 bits per heavy atom. The van der Waals surface area contributed by atoms with E-state index in [9.17, 15) is 15.0 Å². The van der Waals surface area contributed by atoms with Gasteiger partial charge in [-0.1, -0.05) is 66.2 Å². The molecule has 38 heavy (non-hydrogen) atoms. The monoisotopic (exact) mass is 533 g/mol. The van der Waals surface area contributed by atoms with E-state index in [1.54, 1.807) is 12.0 Å². The summed E-state index contributed by atoms with van der Waals surface area (Å²) in [6.45, 7) is 2.12. The predicted molar refractivity (Wildman–Crippen MR) is 148 cm³/mol. The molecule has 1 aliphatic heterocycles. The molecule has 0 aliphatic carbocycles. The number of carbonyl (C=O) groups excluding carboxylic acids is 1. The summed E-state index contributed by atoms with van der Waals surface area (Å²) in [5.41, 5.74) is 5.24. The van der Waals surface area contributed by atoms with Crippen LogP contribution in [0.2, 0.25) is 5.02 Å². The zero-order chi connectivity index (χ0) is 26.6. The smallest absolute Gasteiger partial charge is 0.240 e. The number of hydrogen-bond donors (Lipinski definition) is 4. The SMILES string of the molecule is C[C@@H](O)[C@H]1ON(Cc2ccc(-c3ccc(Cl)cc3)cc2)C(C(=O)NCCc2c[nH]c3ccccc23)[C@H]1CO. The van der Waals surface area contributed by atoms with Gasteiger partial charge in [-0.2, -0.15) is 5.06 Å². The standard InChI is InChI=1S/C30H32ClN3O4/c1-19(36)29-26(18-35)28(30(37)32-15-14-23-16-33-27-5-3-2-4-25(23)27)34(38-29)17-20-6-8-21(9-7-20)22-10-12-24(31)13-11-22/h2-13,16,19,26,28-29,33,35-36H,14-15,17-18H2,1H3,(H,32,37)/t19-,26-,28?,29-/m1/s1. The van der Waals surface area contributed by atoms with Crippen molar-refractivity contribution in [2.45, 2.75) is 38.1 Å². The van der Waals surface area contributed by atoms with E-state index in [4.69, 9.17) is 16.4 Å².